The summed E-state index contributed by atoms with van der Waals surface area (Å²) < 4.78 is 0. The third-order valence-electron chi connectivity index (χ3n) is 2.73. The average molecular weight is 257 g/mol. The van der Waals surface area contributed by atoms with Gasteiger partial charge in [0, 0.05) is 10.6 Å². The summed E-state index contributed by atoms with van der Waals surface area (Å²) in [4.78, 5) is 16.1. The second-order valence-electron chi connectivity index (χ2n) is 3.94. The number of amidine groups is 1. The molecule has 1 aliphatic heterocycles. The van der Waals surface area contributed by atoms with E-state index in [4.69, 9.17) is 11.6 Å². The second kappa shape index (κ2) is 4.27. The van der Waals surface area contributed by atoms with Gasteiger partial charge < -0.3 is 5.32 Å². The van der Waals surface area contributed by atoms with E-state index in [2.05, 4.69) is 10.3 Å². The quantitative estimate of drug-likeness (QED) is 0.837. The van der Waals surface area contributed by atoms with Crippen molar-refractivity contribution in [2.24, 2.45) is 4.99 Å². The van der Waals surface area contributed by atoms with Crippen LogP contribution in [0.1, 0.15) is 15.9 Å². The standard InChI is InChI=1S/C14H9ClN2O/c15-9-5-7-10(8-6-9)16-13-11-3-1-2-4-12(11)14(18)17-13/h1-8H,(H,16,17,18). The average Bonchev–Trinajstić information content (AvgIpc) is 2.70. The Morgan fingerprint density at radius 2 is 1.61 bits per heavy atom. The van der Waals surface area contributed by atoms with Gasteiger partial charge in [-0.3, -0.25) is 4.79 Å². The highest BCUT2D eigenvalue weighted by atomic mass is 35.5. The zero-order valence-corrected chi connectivity index (χ0v) is 10.1. The van der Waals surface area contributed by atoms with E-state index >= 15 is 0 Å². The molecule has 0 aromatic heterocycles. The van der Waals surface area contributed by atoms with Crippen LogP contribution in [0.15, 0.2) is 53.5 Å². The Kier molecular flexibility index (Phi) is 2.61. The number of halogens is 1. The number of hydrogen-bond donors (Lipinski definition) is 1. The van der Waals surface area contributed by atoms with E-state index in [1.54, 1.807) is 18.2 Å². The van der Waals surface area contributed by atoms with Crippen LogP contribution >= 0.6 is 11.6 Å². The van der Waals surface area contributed by atoms with Crippen molar-refractivity contribution >= 4 is 29.0 Å². The first-order valence-electron chi connectivity index (χ1n) is 5.49. The largest absolute Gasteiger partial charge is 0.306 e. The molecule has 0 saturated carbocycles. The Labute approximate surface area is 109 Å². The Balaban J connectivity index is 2.04. The van der Waals surface area contributed by atoms with Gasteiger partial charge in [-0.15, -0.1) is 0 Å². The summed E-state index contributed by atoms with van der Waals surface area (Å²) in [5, 5.41) is 3.42. The number of nitrogens with zero attached hydrogens (tertiary/aromatic N) is 1. The molecule has 18 heavy (non-hydrogen) atoms. The molecule has 2 aromatic rings. The van der Waals surface area contributed by atoms with Crippen LogP contribution in [0.3, 0.4) is 0 Å². The Morgan fingerprint density at radius 3 is 2.33 bits per heavy atom. The molecule has 88 valence electrons. The number of fused-ring (bicyclic) bond motifs is 1. The van der Waals surface area contributed by atoms with Gasteiger partial charge in [-0.05, 0) is 30.3 Å². The van der Waals surface area contributed by atoms with Gasteiger partial charge in [-0.1, -0.05) is 29.8 Å². The van der Waals surface area contributed by atoms with Crippen LogP contribution in [0.4, 0.5) is 5.69 Å². The normalized spacial score (nSPS) is 15.6. The number of carbonyl (C=O) groups excluding carboxylic acids is 1. The molecule has 1 aliphatic rings. The minimum absolute atomic E-state index is 0.113. The minimum Gasteiger partial charge on any atom is -0.306 e. The SMILES string of the molecule is O=C1NC(=Nc2ccc(Cl)cc2)c2ccccc21. The molecule has 3 nitrogen and oxygen atoms in total. The molecule has 0 radical (unpaired) electrons. The van der Waals surface area contributed by atoms with E-state index in [0.717, 1.165) is 11.3 Å². The molecule has 4 heteroatoms. The van der Waals surface area contributed by atoms with Crippen molar-refractivity contribution in [3.8, 4) is 0 Å². The Bertz CT molecular complexity index is 647. The fourth-order valence-electron chi connectivity index (χ4n) is 1.86. The fraction of sp³-hybridized carbons (Fsp3) is 0. The molecule has 0 saturated heterocycles. The Hall–Kier alpha value is -2.13. The monoisotopic (exact) mass is 256 g/mol. The maximum absolute atomic E-state index is 11.7. The van der Waals surface area contributed by atoms with Gasteiger partial charge >= 0.3 is 0 Å². The molecule has 0 fully saturated rings. The topological polar surface area (TPSA) is 41.5 Å². The summed E-state index contributed by atoms with van der Waals surface area (Å²) in [6.07, 6.45) is 0. The van der Waals surface area contributed by atoms with E-state index in [9.17, 15) is 4.79 Å². The fourth-order valence-corrected chi connectivity index (χ4v) is 1.99. The number of carbonyl (C=O) groups is 1. The molecule has 0 atom stereocenters. The summed E-state index contributed by atoms with van der Waals surface area (Å²) in [5.41, 5.74) is 2.24. The van der Waals surface area contributed by atoms with Gasteiger partial charge in [0.1, 0.15) is 5.84 Å². The first-order valence-corrected chi connectivity index (χ1v) is 5.87. The smallest absolute Gasteiger partial charge is 0.257 e. The highest BCUT2D eigenvalue weighted by Gasteiger charge is 2.23. The van der Waals surface area contributed by atoms with Crippen LogP contribution in [0.5, 0.6) is 0 Å². The summed E-state index contributed by atoms with van der Waals surface area (Å²) in [6.45, 7) is 0. The molecular formula is C14H9ClN2O. The zero-order valence-electron chi connectivity index (χ0n) is 9.35. The highest BCUT2D eigenvalue weighted by Crippen LogP contribution is 2.21. The van der Waals surface area contributed by atoms with E-state index in [-0.39, 0.29) is 5.91 Å². The molecule has 1 amide bonds. The first kappa shape index (κ1) is 11.0. The number of benzene rings is 2. The lowest BCUT2D eigenvalue weighted by atomic mass is 10.1. The van der Waals surface area contributed by atoms with Gasteiger partial charge in [0.25, 0.3) is 5.91 Å². The second-order valence-corrected chi connectivity index (χ2v) is 4.37. The van der Waals surface area contributed by atoms with E-state index in [0.29, 0.717) is 16.4 Å². The Morgan fingerprint density at radius 1 is 0.944 bits per heavy atom. The van der Waals surface area contributed by atoms with Crippen LogP contribution in [0.25, 0.3) is 0 Å². The van der Waals surface area contributed by atoms with Crippen molar-refractivity contribution in [3.63, 3.8) is 0 Å². The minimum atomic E-state index is -0.113. The lowest BCUT2D eigenvalue weighted by Gasteiger charge is -1.99. The first-order chi connectivity index (χ1) is 8.74. The molecular weight excluding hydrogens is 248 g/mol. The summed E-state index contributed by atoms with van der Waals surface area (Å²) in [6, 6.07) is 14.5. The van der Waals surface area contributed by atoms with Crippen LogP contribution in [0, 0.1) is 0 Å². The van der Waals surface area contributed by atoms with Gasteiger partial charge in [-0.2, -0.15) is 0 Å². The van der Waals surface area contributed by atoms with Crippen molar-refractivity contribution in [1.29, 1.82) is 0 Å². The summed E-state index contributed by atoms with van der Waals surface area (Å²) in [5.74, 6) is 0.469. The van der Waals surface area contributed by atoms with Crippen molar-refractivity contribution < 1.29 is 4.79 Å². The van der Waals surface area contributed by atoms with Crippen molar-refractivity contribution in [2.45, 2.75) is 0 Å². The van der Waals surface area contributed by atoms with Gasteiger partial charge in [-0.25, -0.2) is 4.99 Å². The van der Waals surface area contributed by atoms with Crippen LogP contribution in [-0.2, 0) is 0 Å². The highest BCUT2D eigenvalue weighted by molar-refractivity contribution is 6.30. The van der Waals surface area contributed by atoms with Gasteiger partial charge in [0.15, 0.2) is 0 Å². The lowest BCUT2D eigenvalue weighted by Crippen LogP contribution is -2.21. The molecule has 0 unspecified atom stereocenters. The van der Waals surface area contributed by atoms with Crippen LogP contribution < -0.4 is 5.32 Å². The molecule has 0 bridgehead atoms. The van der Waals surface area contributed by atoms with Crippen molar-refractivity contribution in [2.75, 3.05) is 0 Å². The number of hydrogen-bond acceptors (Lipinski definition) is 2. The number of nitrogens with one attached hydrogen (secondary N) is 1. The van der Waals surface area contributed by atoms with E-state index in [1.807, 2.05) is 30.3 Å². The molecule has 2 aromatic carbocycles. The predicted octanol–water partition coefficient (Wildman–Crippen LogP) is 3.16. The maximum atomic E-state index is 11.7. The number of aliphatic imine (C=N–C) groups is 1. The van der Waals surface area contributed by atoms with Crippen LogP contribution in [0.2, 0.25) is 5.02 Å². The molecule has 3 rings (SSSR count). The van der Waals surface area contributed by atoms with Crippen LogP contribution in [-0.4, -0.2) is 11.7 Å². The van der Waals surface area contributed by atoms with E-state index in [1.165, 1.54) is 0 Å². The number of rotatable bonds is 1. The third-order valence-corrected chi connectivity index (χ3v) is 2.98. The molecule has 0 aliphatic carbocycles. The lowest BCUT2D eigenvalue weighted by molar-refractivity contribution is 0.0983. The van der Waals surface area contributed by atoms with Crippen molar-refractivity contribution in [3.05, 3.63) is 64.7 Å². The molecule has 0 spiro atoms. The predicted molar refractivity (Wildman–Crippen MR) is 71.6 cm³/mol. The molecule has 1 heterocycles. The van der Waals surface area contributed by atoms with Gasteiger partial charge in [0.2, 0.25) is 0 Å². The summed E-state index contributed by atoms with van der Waals surface area (Å²) >= 11 is 5.81. The zero-order chi connectivity index (χ0) is 12.5. The van der Waals surface area contributed by atoms with Gasteiger partial charge in [0.05, 0.1) is 11.3 Å². The maximum Gasteiger partial charge on any atom is 0.257 e. The third kappa shape index (κ3) is 1.89. The summed E-state index contributed by atoms with van der Waals surface area (Å²) in [7, 11) is 0. The van der Waals surface area contributed by atoms with Crippen molar-refractivity contribution in [1.82, 2.24) is 5.32 Å². The van der Waals surface area contributed by atoms with E-state index < -0.39 is 0 Å². The number of amides is 1. The molecule has 1 N–H and O–H groups in total.